The topological polar surface area (TPSA) is 86.2 Å². The summed E-state index contributed by atoms with van der Waals surface area (Å²) in [7, 11) is 0. The lowest BCUT2D eigenvalue weighted by Gasteiger charge is -2.18. The second-order valence-corrected chi connectivity index (χ2v) is 30.5. The van der Waals surface area contributed by atoms with Gasteiger partial charge in [0.1, 0.15) is 0 Å². The van der Waals surface area contributed by atoms with Gasteiger partial charge in [0.25, 0.3) is 0 Å². The summed E-state index contributed by atoms with van der Waals surface area (Å²) in [5.41, 5.74) is 34.3. The summed E-state index contributed by atoms with van der Waals surface area (Å²) < 4.78 is 4.28. The Kier molecular flexibility index (Phi) is 19.6. The summed E-state index contributed by atoms with van der Waals surface area (Å²) in [6, 6.07) is 158. The van der Waals surface area contributed by atoms with E-state index in [1.807, 2.05) is 36.7 Å². The van der Waals surface area contributed by atoms with Crippen LogP contribution in [0.5, 0.6) is 0 Å². The van der Waals surface area contributed by atoms with E-state index in [0.717, 1.165) is 173 Å². The minimum Gasteiger partial charge on any atom is -0.231 e. The van der Waals surface area contributed by atoms with E-state index in [9.17, 15) is 0 Å². The molecule has 0 fully saturated rings. The molecule has 572 valence electrons. The smallest absolute Gasteiger partial charge is 0.160 e. The van der Waals surface area contributed by atoms with Crippen molar-refractivity contribution in [1.82, 2.24) is 39.2 Å². The largest absolute Gasteiger partial charge is 0.231 e. The van der Waals surface area contributed by atoms with Crippen molar-refractivity contribution in [2.75, 3.05) is 0 Å². The molecule has 0 saturated carbocycles. The molecule has 0 unspecified atom stereocenters. The zero-order valence-electron chi connectivity index (χ0n) is 66.5. The zero-order chi connectivity index (χ0) is 81.1. The highest BCUT2D eigenvalue weighted by Gasteiger charge is 2.25. The van der Waals surface area contributed by atoms with Gasteiger partial charge in [-0.2, -0.15) is 10.2 Å². The van der Waals surface area contributed by atoms with E-state index in [2.05, 4.69) is 434 Å². The second-order valence-electron chi connectivity index (χ2n) is 30.5. The van der Waals surface area contributed by atoms with Crippen LogP contribution in [0.4, 0.5) is 0 Å². The van der Waals surface area contributed by atoms with Gasteiger partial charge < -0.3 is 0 Å². The first-order valence-corrected chi connectivity index (χ1v) is 41.2. The fourth-order valence-corrected chi connectivity index (χ4v) is 17.1. The van der Waals surface area contributed by atoms with Crippen molar-refractivity contribution in [2.24, 2.45) is 0 Å². The normalized spacial score (nSPS) is 11.3. The lowest BCUT2D eigenvalue weighted by Crippen LogP contribution is -2.00. The second kappa shape index (κ2) is 32.6. The molecule has 0 bridgehead atoms. The molecule has 22 rings (SSSR count). The van der Waals surface area contributed by atoms with E-state index >= 15 is 0 Å². The number of benzene rings is 16. The Morgan fingerprint density at radius 1 is 0.156 bits per heavy atom. The van der Waals surface area contributed by atoms with Crippen molar-refractivity contribution < 1.29 is 0 Å². The van der Waals surface area contributed by atoms with Gasteiger partial charge in [-0.05, 0) is 108 Å². The Labute approximate surface area is 707 Å². The Hall–Kier alpha value is -16.4. The van der Waals surface area contributed by atoms with Gasteiger partial charge in [0.05, 0.1) is 57.6 Å². The third-order valence-electron chi connectivity index (χ3n) is 23.0. The molecule has 8 nitrogen and oxygen atoms in total. The number of hydrogen-bond donors (Lipinski definition) is 0. The molecule has 6 heterocycles. The molecule has 0 spiro atoms. The van der Waals surface area contributed by atoms with Crippen LogP contribution in [-0.4, -0.2) is 39.2 Å². The first kappa shape index (κ1) is 73.2. The molecule has 0 aliphatic carbocycles. The fraction of sp³-hybridized carbons (Fsp3) is 0. The van der Waals surface area contributed by atoms with Gasteiger partial charge in [-0.1, -0.05) is 419 Å². The van der Waals surface area contributed by atoms with Crippen molar-refractivity contribution in [3.8, 4) is 179 Å². The van der Waals surface area contributed by atoms with Gasteiger partial charge in [-0.25, -0.2) is 29.0 Å². The third kappa shape index (κ3) is 14.4. The molecule has 0 atom stereocenters. The quantitative estimate of drug-likeness (QED) is 0.0958. The maximum absolute atomic E-state index is 5.22. The monoisotopic (exact) mass is 1560 g/mol. The van der Waals surface area contributed by atoms with E-state index in [4.69, 9.17) is 30.1 Å². The molecule has 0 saturated heterocycles. The molecular formula is C114H76N8. The number of fused-ring (bicyclic) bond motifs is 6. The summed E-state index contributed by atoms with van der Waals surface area (Å²) >= 11 is 0. The summed E-state index contributed by atoms with van der Waals surface area (Å²) in [6.07, 6.45) is 4.01. The van der Waals surface area contributed by atoms with E-state index in [1.54, 1.807) is 0 Å². The van der Waals surface area contributed by atoms with Crippen LogP contribution in [0, 0.1) is 0 Å². The Morgan fingerprint density at radius 3 is 0.746 bits per heavy atom. The molecular weight excluding hydrogens is 1480 g/mol. The Balaban J connectivity index is 0.000000150. The third-order valence-corrected chi connectivity index (χ3v) is 23.0. The molecule has 0 radical (unpaired) electrons. The summed E-state index contributed by atoms with van der Waals surface area (Å²) in [5, 5.41) is 14.9. The Bertz CT molecular complexity index is 7530. The first-order valence-electron chi connectivity index (χ1n) is 41.2. The van der Waals surface area contributed by atoms with Gasteiger partial charge in [0, 0.05) is 77.5 Å². The van der Waals surface area contributed by atoms with E-state index in [1.165, 1.54) is 27.5 Å². The van der Waals surface area contributed by atoms with E-state index < -0.39 is 0 Å². The molecule has 0 aliphatic heterocycles. The predicted octanol–water partition coefficient (Wildman–Crippen LogP) is 29.2. The highest BCUT2D eigenvalue weighted by Crippen LogP contribution is 2.47. The molecule has 122 heavy (non-hydrogen) atoms. The lowest BCUT2D eigenvalue weighted by molar-refractivity contribution is 0.976. The van der Waals surface area contributed by atoms with Crippen LogP contribution in [0.3, 0.4) is 0 Å². The Morgan fingerprint density at radius 2 is 0.385 bits per heavy atom. The summed E-state index contributed by atoms with van der Waals surface area (Å²) in [5.74, 6) is 1.37. The van der Waals surface area contributed by atoms with Crippen molar-refractivity contribution in [3.05, 3.63) is 461 Å². The van der Waals surface area contributed by atoms with E-state index in [-0.39, 0.29) is 0 Å². The molecule has 0 aliphatic rings. The van der Waals surface area contributed by atoms with Gasteiger partial charge in [-0.3, -0.25) is 0 Å². The van der Waals surface area contributed by atoms with Crippen LogP contribution >= 0.6 is 0 Å². The van der Waals surface area contributed by atoms with Crippen LogP contribution in [-0.2, 0) is 0 Å². The van der Waals surface area contributed by atoms with Gasteiger partial charge in [0.2, 0.25) is 0 Å². The maximum atomic E-state index is 5.22. The lowest BCUT2D eigenvalue weighted by atomic mass is 9.91. The van der Waals surface area contributed by atoms with Gasteiger partial charge >= 0.3 is 0 Å². The average molecular weight is 1560 g/mol. The van der Waals surface area contributed by atoms with Crippen LogP contribution in [0.2, 0.25) is 0 Å². The maximum Gasteiger partial charge on any atom is 0.160 e. The van der Waals surface area contributed by atoms with Crippen molar-refractivity contribution in [1.29, 1.82) is 0 Å². The SMILES string of the molecule is c1ccc(-c2ccc(-c3cc(-c4ccccc4)nc(-c4cccc(-c5ccc(-c6c(-c7ccccc7)n7ncc(-c8ccccc8)c7c7ccccc67)cc5)c4)n3)cc2)cc1.c1ccc(-c2cccc(-c3cc(-c4ccccc4)nc(-c4cccc(-c5ccc(-c6c(-c7ccccc7)n7ncc(-c8ccccc8)c7c7ccccc67)cc5)c4)n3)c2)cc1. The number of rotatable bonds is 16. The number of pyridine rings is 2. The average Bonchev–Trinajstić information content (AvgIpc) is 1.49. The minimum absolute atomic E-state index is 0.682. The van der Waals surface area contributed by atoms with Crippen molar-refractivity contribution >= 4 is 32.6 Å². The minimum atomic E-state index is 0.682. The fourth-order valence-electron chi connectivity index (χ4n) is 17.1. The number of aromatic nitrogens is 8. The molecule has 0 N–H and O–H groups in total. The van der Waals surface area contributed by atoms with Gasteiger partial charge in [-0.15, -0.1) is 0 Å². The zero-order valence-corrected chi connectivity index (χ0v) is 66.5. The molecule has 16 aromatic carbocycles. The van der Waals surface area contributed by atoms with Crippen molar-refractivity contribution in [3.63, 3.8) is 0 Å². The molecule has 22 aromatic rings. The van der Waals surface area contributed by atoms with Crippen LogP contribution in [0.15, 0.2) is 461 Å². The van der Waals surface area contributed by atoms with Crippen LogP contribution < -0.4 is 0 Å². The van der Waals surface area contributed by atoms with Gasteiger partial charge in [0.15, 0.2) is 11.6 Å². The first-order chi connectivity index (χ1) is 60.5. The van der Waals surface area contributed by atoms with Crippen molar-refractivity contribution in [2.45, 2.75) is 0 Å². The van der Waals surface area contributed by atoms with Crippen LogP contribution in [0.25, 0.3) is 212 Å². The highest BCUT2D eigenvalue weighted by atomic mass is 15.2. The number of nitrogens with zero attached hydrogens (tertiary/aromatic N) is 8. The summed E-state index contributed by atoms with van der Waals surface area (Å²) in [4.78, 5) is 20.7. The van der Waals surface area contributed by atoms with E-state index in [0.29, 0.717) is 11.6 Å². The highest BCUT2D eigenvalue weighted by molar-refractivity contribution is 6.15. The van der Waals surface area contributed by atoms with Crippen LogP contribution in [0.1, 0.15) is 0 Å². The standard InChI is InChI=1S/2C57H38N4/c1-5-17-39(18-6-1)45-25-15-27-47(35-45)53-37-52(42-21-9-3-10-22-42)59-57(60-53)48-28-16-26-46(36-48)40-31-33-43(34-32-40)54-49-29-13-14-30-50(49)56-51(41-19-7-2-8-20-41)38-58-61(56)55(54)44-23-11-4-12-24-44;1-5-16-39(17-6-1)40-28-32-44(33-29-40)53-37-52(43-20-9-3-10-21-43)59-57(60-53)48-25-15-24-47(36-48)41-30-34-45(35-31-41)54-49-26-13-14-27-50(49)56-51(42-18-7-2-8-19-42)38-58-61(56)55(54)46-22-11-4-12-23-46/h2*1-38H. The predicted molar refractivity (Wildman–Crippen MR) is 504 cm³/mol. The molecule has 0 amide bonds. The summed E-state index contributed by atoms with van der Waals surface area (Å²) in [6.45, 7) is 0. The number of hydrogen-bond acceptors (Lipinski definition) is 6. The molecule has 8 heteroatoms. The molecule has 6 aromatic heterocycles.